The first-order chi connectivity index (χ1) is 16.4. The van der Waals surface area contributed by atoms with Gasteiger partial charge in [0.25, 0.3) is 0 Å². The predicted molar refractivity (Wildman–Crippen MR) is 136 cm³/mol. The number of carbonyl (C=O) groups is 2. The highest BCUT2D eigenvalue weighted by atomic mass is 16.5. The van der Waals surface area contributed by atoms with Crippen molar-refractivity contribution in [1.29, 1.82) is 0 Å². The zero-order valence-corrected chi connectivity index (χ0v) is 21.1. The molecule has 0 bridgehead atoms. The third kappa shape index (κ3) is 7.07. The Morgan fingerprint density at radius 3 is 2.29 bits per heavy atom. The van der Waals surface area contributed by atoms with Crippen molar-refractivity contribution in [3.05, 3.63) is 65.7 Å². The number of nitrogens with zero attached hydrogens (tertiary/aromatic N) is 3. The molecule has 184 valence electrons. The van der Waals surface area contributed by atoms with Gasteiger partial charge in [0.1, 0.15) is 5.75 Å². The molecule has 0 N–H and O–H groups in total. The van der Waals surface area contributed by atoms with Crippen LogP contribution in [0, 0.1) is 5.92 Å². The number of piperidine rings is 1. The van der Waals surface area contributed by atoms with Gasteiger partial charge in [0.15, 0.2) is 0 Å². The summed E-state index contributed by atoms with van der Waals surface area (Å²) in [6.07, 6.45) is 3.83. The number of carbonyl (C=O) groups excluding carboxylic acids is 2. The van der Waals surface area contributed by atoms with Crippen molar-refractivity contribution >= 4 is 11.8 Å². The Labute approximate surface area is 204 Å². The minimum atomic E-state index is 0.126. The highest BCUT2D eigenvalue weighted by molar-refractivity contribution is 5.78. The average Bonchev–Trinajstić information content (AvgIpc) is 2.86. The van der Waals surface area contributed by atoms with Gasteiger partial charge in [-0.1, -0.05) is 48.5 Å². The molecule has 6 heteroatoms. The molecule has 3 rings (SSSR count). The molecule has 0 aromatic heterocycles. The highest BCUT2D eigenvalue weighted by Gasteiger charge is 2.32. The van der Waals surface area contributed by atoms with Gasteiger partial charge < -0.3 is 19.4 Å². The van der Waals surface area contributed by atoms with Gasteiger partial charge in [0.2, 0.25) is 11.8 Å². The summed E-state index contributed by atoms with van der Waals surface area (Å²) in [5.41, 5.74) is 2.31. The molecule has 1 fully saturated rings. The smallest absolute Gasteiger partial charge is 0.236 e. The molecule has 0 aliphatic carbocycles. The highest BCUT2D eigenvalue weighted by Crippen LogP contribution is 2.27. The largest absolute Gasteiger partial charge is 0.496 e. The van der Waals surface area contributed by atoms with Gasteiger partial charge in [-0.05, 0) is 62.9 Å². The minimum Gasteiger partial charge on any atom is -0.496 e. The molecule has 1 atom stereocenters. The second-order valence-electron chi connectivity index (χ2n) is 9.53. The van der Waals surface area contributed by atoms with Crippen LogP contribution in [0.3, 0.4) is 0 Å². The van der Waals surface area contributed by atoms with Crippen molar-refractivity contribution in [2.45, 2.75) is 38.1 Å². The van der Waals surface area contributed by atoms with Gasteiger partial charge in [-0.2, -0.15) is 0 Å². The van der Waals surface area contributed by atoms with Crippen molar-refractivity contribution < 1.29 is 14.3 Å². The van der Waals surface area contributed by atoms with Crippen LogP contribution in [0.5, 0.6) is 5.75 Å². The van der Waals surface area contributed by atoms with E-state index in [1.165, 1.54) is 5.56 Å². The van der Waals surface area contributed by atoms with Crippen LogP contribution in [0.1, 0.15) is 30.4 Å². The standard InChI is InChI=1S/C28H39N3O3/c1-29(2)21-28(33)30(3)25(20-22-10-6-5-7-11-22)23-16-18-31(19-17-23)27(32)15-14-24-12-8-9-13-26(24)34-4/h5-13,23,25H,14-21H2,1-4H3/t25-/m0/s1. The van der Waals surface area contributed by atoms with E-state index in [4.69, 9.17) is 4.74 Å². The first-order valence-electron chi connectivity index (χ1n) is 12.2. The molecule has 1 heterocycles. The molecule has 2 aromatic carbocycles. The van der Waals surface area contributed by atoms with Crippen molar-refractivity contribution in [3.8, 4) is 5.75 Å². The first kappa shape index (κ1) is 25.8. The van der Waals surface area contributed by atoms with Gasteiger partial charge in [0.05, 0.1) is 13.7 Å². The van der Waals surface area contributed by atoms with E-state index in [0.29, 0.717) is 25.3 Å². The summed E-state index contributed by atoms with van der Waals surface area (Å²) in [6, 6.07) is 18.4. The Morgan fingerprint density at radius 2 is 1.65 bits per heavy atom. The van der Waals surface area contributed by atoms with Crippen LogP contribution in [0.2, 0.25) is 0 Å². The average molecular weight is 466 g/mol. The van der Waals surface area contributed by atoms with Crippen molar-refractivity contribution in [2.24, 2.45) is 5.92 Å². The molecule has 0 radical (unpaired) electrons. The molecule has 0 saturated carbocycles. The Hall–Kier alpha value is -2.86. The second-order valence-corrected chi connectivity index (χ2v) is 9.53. The number of aryl methyl sites for hydroxylation is 1. The molecule has 34 heavy (non-hydrogen) atoms. The first-order valence-corrected chi connectivity index (χ1v) is 12.2. The van der Waals surface area contributed by atoms with Gasteiger partial charge in [-0.15, -0.1) is 0 Å². The lowest BCUT2D eigenvalue weighted by atomic mass is 9.84. The van der Waals surface area contributed by atoms with E-state index in [2.05, 4.69) is 24.3 Å². The van der Waals surface area contributed by atoms with Crippen LogP contribution >= 0.6 is 0 Å². The van der Waals surface area contributed by atoms with E-state index in [1.807, 2.05) is 66.2 Å². The number of likely N-dealkylation sites (tertiary alicyclic amines) is 1. The number of likely N-dealkylation sites (N-methyl/N-ethyl adjacent to an activating group) is 2. The molecule has 0 unspecified atom stereocenters. The Bertz CT molecular complexity index is 924. The molecule has 6 nitrogen and oxygen atoms in total. The minimum absolute atomic E-state index is 0.126. The summed E-state index contributed by atoms with van der Waals surface area (Å²) in [5, 5.41) is 0. The molecular formula is C28H39N3O3. The van der Waals surface area contributed by atoms with E-state index in [0.717, 1.165) is 43.7 Å². The van der Waals surface area contributed by atoms with Gasteiger partial charge in [-0.25, -0.2) is 0 Å². The Kier molecular flexibility index (Phi) is 9.52. The molecule has 1 saturated heterocycles. The molecule has 2 aromatic rings. The van der Waals surface area contributed by atoms with E-state index >= 15 is 0 Å². The SMILES string of the molecule is COc1ccccc1CCC(=O)N1CCC([C@H](Cc2ccccc2)N(C)C(=O)CN(C)C)CC1. The lowest BCUT2D eigenvalue weighted by Crippen LogP contribution is -2.50. The maximum atomic E-state index is 12.9. The number of rotatable bonds is 10. The fourth-order valence-electron chi connectivity index (χ4n) is 4.89. The normalized spacial score (nSPS) is 15.3. The maximum absolute atomic E-state index is 12.9. The fraction of sp³-hybridized carbons (Fsp3) is 0.500. The third-order valence-corrected chi connectivity index (χ3v) is 6.87. The second kappa shape index (κ2) is 12.6. The van der Waals surface area contributed by atoms with E-state index in [-0.39, 0.29) is 17.9 Å². The summed E-state index contributed by atoms with van der Waals surface area (Å²) in [5.74, 6) is 1.54. The Balaban J connectivity index is 1.60. The number of hydrogen-bond acceptors (Lipinski definition) is 4. The van der Waals surface area contributed by atoms with Crippen molar-refractivity contribution in [3.63, 3.8) is 0 Å². The quantitative estimate of drug-likeness (QED) is 0.539. The summed E-state index contributed by atoms with van der Waals surface area (Å²) < 4.78 is 5.42. The Morgan fingerprint density at radius 1 is 1.00 bits per heavy atom. The lowest BCUT2D eigenvalue weighted by Gasteiger charge is -2.40. The summed E-state index contributed by atoms with van der Waals surface area (Å²) >= 11 is 0. The van der Waals surface area contributed by atoms with E-state index in [1.54, 1.807) is 7.11 Å². The summed E-state index contributed by atoms with van der Waals surface area (Å²) in [6.45, 7) is 1.90. The fourth-order valence-corrected chi connectivity index (χ4v) is 4.89. The molecular weight excluding hydrogens is 426 g/mol. The number of ether oxygens (including phenoxy) is 1. The zero-order chi connectivity index (χ0) is 24.5. The van der Waals surface area contributed by atoms with Crippen LogP contribution in [-0.4, -0.2) is 80.4 Å². The van der Waals surface area contributed by atoms with Crippen LogP contribution < -0.4 is 4.74 Å². The molecule has 1 aliphatic rings. The van der Waals surface area contributed by atoms with Gasteiger partial charge in [0, 0.05) is 32.6 Å². The predicted octanol–water partition coefficient (Wildman–Crippen LogP) is 3.50. The topological polar surface area (TPSA) is 53.1 Å². The number of hydrogen-bond donors (Lipinski definition) is 0. The maximum Gasteiger partial charge on any atom is 0.236 e. The molecule has 2 amide bonds. The van der Waals surface area contributed by atoms with Gasteiger partial charge >= 0.3 is 0 Å². The number of methoxy groups -OCH3 is 1. The molecule has 1 aliphatic heterocycles. The van der Waals surface area contributed by atoms with Crippen LogP contribution in [0.25, 0.3) is 0 Å². The molecule has 0 spiro atoms. The lowest BCUT2D eigenvalue weighted by molar-refractivity contribution is -0.136. The van der Waals surface area contributed by atoms with Gasteiger partial charge in [-0.3, -0.25) is 9.59 Å². The number of amides is 2. The number of benzene rings is 2. The summed E-state index contributed by atoms with van der Waals surface area (Å²) in [7, 11) is 7.45. The number of para-hydroxylation sites is 1. The van der Waals surface area contributed by atoms with Crippen LogP contribution in [-0.2, 0) is 22.4 Å². The van der Waals surface area contributed by atoms with E-state index < -0.39 is 0 Å². The third-order valence-electron chi connectivity index (χ3n) is 6.87. The zero-order valence-electron chi connectivity index (χ0n) is 21.1. The summed E-state index contributed by atoms with van der Waals surface area (Å²) in [4.78, 5) is 31.7. The van der Waals surface area contributed by atoms with Crippen LogP contribution in [0.15, 0.2) is 54.6 Å². The van der Waals surface area contributed by atoms with Crippen molar-refractivity contribution in [1.82, 2.24) is 14.7 Å². The van der Waals surface area contributed by atoms with Crippen molar-refractivity contribution in [2.75, 3.05) is 47.9 Å². The van der Waals surface area contributed by atoms with Crippen LogP contribution in [0.4, 0.5) is 0 Å². The van der Waals surface area contributed by atoms with E-state index in [9.17, 15) is 9.59 Å². The monoisotopic (exact) mass is 465 g/mol.